The average Bonchev–Trinajstić information content (AvgIpc) is 2.52. The van der Waals surface area contributed by atoms with Crippen LogP contribution in [0.3, 0.4) is 0 Å². The number of hydrogen-bond donors (Lipinski definition) is 2. The Bertz CT molecular complexity index is 271. The fraction of sp³-hybridized carbons (Fsp3) is 0.286. The van der Waals surface area contributed by atoms with Crippen molar-refractivity contribution in [3.05, 3.63) is 21.9 Å². The highest BCUT2D eigenvalue weighted by molar-refractivity contribution is 7.10. The number of thiophene rings is 1. The van der Waals surface area contributed by atoms with Crippen molar-refractivity contribution in [1.82, 2.24) is 5.48 Å². The minimum atomic E-state index is -0.351. The summed E-state index contributed by atoms with van der Waals surface area (Å²) in [6.45, 7) is 0.349. The van der Waals surface area contributed by atoms with Crippen LogP contribution in [0.4, 0.5) is 0 Å². The van der Waals surface area contributed by atoms with Gasteiger partial charge in [0.15, 0.2) is 0 Å². The highest BCUT2D eigenvalue weighted by atomic mass is 32.1. The SMILES string of the molecule is COC(=O)c1csc(CNO)c1. The average molecular weight is 187 g/mol. The first-order valence-corrected chi connectivity index (χ1v) is 4.18. The van der Waals surface area contributed by atoms with Crippen molar-refractivity contribution >= 4 is 17.3 Å². The molecular weight excluding hydrogens is 178 g/mol. The number of hydroxylamine groups is 1. The molecule has 1 heterocycles. The van der Waals surface area contributed by atoms with Gasteiger partial charge in [0, 0.05) is 10.3 Å². The molecule has 0 bridgehead atoms. The summed E-state index contributed by atoms with van der Waals surface area (Å²) in [6.07, 6.45) is 0. The zero-order chi connectivity index (χ0) is 8.97. The Kier molecular flexibility index (Phi) is 3.21. The molecule has 4 nitrogen and oxygen atoms in total. The Morgan fingerprint density at radius 3 is 3.17 bits per heavy atom. The van der Waals surface area contributed by atoms with Crippen molar-refractivity contribution in [2.75, 3.05) is 7.11 Å². The van der Waals surface area contributed by atoms with Gasteiger partial charge in [-0.1, -0.05) is 0 Å². The lowest BCUT2D eigenvalue weighted by Crippen LogP contribution is -2.04. The van der Waals surface area contributed by atoms with Gasteiger partial charge < -0.3 is 9.94 Å². The molecule has 0 aromatic carbocycles. The Morgan fingerprint density at radius 2 is 2.58 bits per heavy atom. The molecule has 0 aliphatic carbocycles. The Hall–Kier alpha value is -0.910. The number of methoxy groups -OCH3 is 1. The third-order valence-corrected chi connectivity index (χ3v) is 2.26. The molecule has 0 saturated carbocycles. The van der Waals surface area contributed by atoms with Gasteiger partial charge in [-0.2, -0.15) is 0 Å². The van der Waals surface area contributed by atoms with Crippen LogP contribution in [-0.4, -0.2) is 18.3 Å². The van der Waals surface area contributed by atoms with Crippen LogP contribution in [0.1, 0.15) is 15.2 Å². The van der Waals surface area contributed by atoms with Crippen LogP contribution in [0, 0.1) is 0 Å². The van der Waals surface area contributed by atoms with Crippen molar-refractivity contribution in [2.45, 2.75) is 6.54 Å². The zero-order valence-electron chi connectivity index (χ0n) is 6.53. The number of rotatable bonds is 3. The number of carbonyl (C=O) groups excluding carboxylic acids is 1. The largest absolute Gasteiger partial charge is 0.465 e. The standard InChI is InChI=1S/C7H9NO3S/c1-11-7(9)5-2-6(3-8-10)12-4-5/h2,4,8,10H,3H2,1H3. The molecule has 0 unspecified atom stereocenters. The summed E-state index contributed by atoms with van der Waals surface area (Å²) in [5.74, 6) is -0.351. The minimum absolute atomic E-state index is 0.349. The predicted molar refractivity (Wildman–Crippen MR) is 44.3 cm³/mol. The van der Waals surface area contributed by atoms with Gasteiger partial charge in [0.25, 0.3) is 0 Å². The molecule has 5 heteroatoms. The lowest BCUT2D eigenvalue weighted by Gasteiger charge is -1.92. The van der Waals surface area contributed by atoms with E-state index in [1.807, 2.05) is 5.48 Å². The first-order chi connectivity index (χ1) is 5.77. The third kappa shape index (κ3) is 2.04. The van der Waals surface area contributed by atoms with E-state index >= 15 is 0 Å². The highest BCUT2D eigenvalue weighted by Crippen LogP contribution is 2.14. The fourth-order valence-electron chi connectivity index (χ4n) is 0.776. The third-order valence-electron chi connectivity index (χ3n) is 1.33. The summed E-state index contributed by atoms with van der Waals surface area (Å²) >= 11 is 1.39. The van der Waals surface area contributed by atoms with E-state index < -0.39 is 0 Å². The molecule has 0 aliphatic heterocycles. The van der Waals surface area contributed by atoms with E-state index in [1.54, 1.807) is 11.4 Å². The van der Waals surface area contributed by atoms with Crippen LogP contribution in [0.25, 0.3) is 0 Å². The predicted octanol–water partition coefficient (Wildman–Crippen LogP) is 1.01. The topological polar surface area (TPSA) is 58.6 Å². The van der Waals surface area contributed by atoms with Gasteiger partial charge in [-0.3, -0.25) is 0 Å². The van der Waals surface area contributed by atoms with Crippen LogP contribution in [0.2, 0.25) is 0 Å². The van der Waals surface area contributed by atoms with Crippen molar-refractivity contribution in [1.29, 1.82) is 0 Å². The van der Waals surface area contributed by atoms with Gasteiger partial charge in [-0.15, -0.1) is 11.3 Å². The van der Waals surface area contributed by atoms with Crippen molar-refractivity contribution in [2.24, 2.45) is 0 Å². The molecule has 0 saturated heterocycles. The number of nitrogens with one attached hydrogen (secondary N) is 1. The molecule has 1 aromatic rings. The van der Waals surface area contributed by atoms with Crippen LogP contribution in [-0.2, 0) is 11.3 Å². The molecule has 1 aromatic heterocycles. The molecule has 66 valence electrons. The van der Waals surface area contributed by atoms with Crippen LogP contribution >= 0.6 is 11.3 Å². The number of hydrogen-bond acceptors (Lipinski definition) is 5. The second-order valence-corrected chi connectivity index (χ2v) is 3.12. The van der Waals surface area contributed by atoms with E-state index in [-0.39, 0.29) is 5.97 Å². The summed E-state index contributed by atoms with van der Waals surface area (Å²) in [4.78, 5) is 11.8. The Labute approximate surface area is 73.7 Å². The van der Waals surface area contributed by atoms with Gasteiger partial charge in [0.2, 0.25) is 0 Å². The molecule has 0 spiro atoms. The quantitative estimate of drug-likeness (QED) is 0.547. The van der Waals surface area contributed by atoms with Gasteiger partial charge in [0.05, 0.1) is 19.2 Å². The smallest absolute Gasteiger partial charge is 0.338 e. The van der Waals surface area contributed by atoms with Crippen molar-refractivity contribution < 1.29 is 14.7 Å². The Morgan fingerprint density at radius 1 is 1.83 bits per heavy atom. The van der Waals surface area contributed by atoms with Gasteiger partial charge in [0.1, 0.15) is 0 Å². The molecular formula is C7H9NO3S. The normalized spacial score (nSPS) is 9.83. The second-order valence-electron chi connectivity index (χ2n) is 2.13. The van der Waals surface area contributed by atoms with Gasteiger partial charge in [-0.05, 0) is 6.07 Å². The molecule has 1 rings (SSSR count). The van der Waals surface area contributed by atoms with Crippen LogP contribution < -0.4 is 5.48 Å². The minimum Gasteiger partial charge on any atom is -0.465 e. The first-order valence-electron chi connectivity index (χ1n) is 3.30. The maximum Gasteiger partial charge on any atom is 0.338 e. The Balaban J connectivity index is 2.70. The van der Waals surface area contributed by atoms with E-state index in [9.17, 15) is 4.79 Å². The summed E-state index contributed by atoms with van der Waals surface area (Å²) < 4.78 is 4.51. The van der Waals surface area contributed by atoms with Gasteiger partial charge in [-0.25, -0.2) is 10.3 Å². The molecule has 0 radical (unpaired) electrons. The van der Waals surface area contributed by atoms with E-state index in [0.29, 0.717) is 12.1 Å². The summed E-state index contributed by atoms with van der Waals surface area (Å²) in [5, 5.41) is 10.1. The number of esters is 1. The molecule has 0 fully saturated rings. The number of ether oxygens (including phenoxy) is 1. The van der Waals surface area contributed by atoms with E-state index in [0.717, 1.165) is 4.88 Å². The van der Waals surface area contributed by atoms with Crippen LogP contribution in [0.15, 0.2) is 11.4 Å². The summed E-state index contributed by atoms with van der Waals surface area (Å²) in [7, 11) is 1.34. The molecule has 2 N–H and O–H groups in total. The van der Waals surface area contributed by atoms with Crippen LogP contribution in [0.5, 0.6) is 0 Å². The molecule has 0 amide bonds. The van der Waals surface area contributed by atoms with Crippen molar-refractivity contribution in [3.63, 3.8) is 0 Å². The van der Waals surface area contributed by atoms with E-state index in [4.69, 9.17) is 5.21 Å². The molecule has 12 heavy (non-hydrogen) atoms. The highest BCUT2D eigenvalue weighted by Gasteiger charge is 2.07. The van der Waals surface area contributed by atoms with E-state index in [1.165, 1.54) is 18.4 Å². The lowest BCUT2D eigenvalue weighted by atomic mass is 10.3. The summed E-state index contributed by atoms with van der Waals surface area (Å²) in [6, 6.07) is 1.68. The van der Waals surface area contributed by atoms with E-state index in [2.05, 4.69) is 4.74 Å². The zero-order valence-corrected chi connectivity index (χ0v) is 7.35. The van der Waals surface area contributed by atoms with Gasteiger partial charge >= 0.3 is 5.97 Å². The maximum atomic E-state index is 10.9. The second kappa shape index (κ2) is 4.20. The number of carbonyl (C=O) groups is 1. The maximum absolute atomic E-state index is 10.9. The molecule has 0 atom stereocenters. The first kappa shape index (κ1) is 9.18. The monoisotopic (exact) mass is 187 g/mol. The molecule has 0 aliphatic rings. The lowest BCUT2D eigenvalue weighted by molar-refractivity contribution is 0.0601. The van der Waals surface area contributed by atoms with Crippen molar-refractivity contribution in [3.8, 4) is 0 Å². The summed E-state index contributed by atoms with van der Waals surface area (Å²) in [5.41, 5.74) is 2.53. The fourth-order valence-corrected chi connectivity index (χ4v) is 1.56.